The topological polar surface area (TPSA) is 90.4 Å². The molecule has 1 aliphatic heterocycles. The van der Waals surface area contributed by atoms with Gasteiger partial charge in [0.15, 0.2) is 6.23 Å². The predicted molar refractivity (Wildman–Crippen MR) is 56.2 cm³/mol. The highest BCUT2D eigenvalue weighted by Gasteiger charge is 2.26. The number of aromatic nitrogens is 2. The Kier molecular flexibility index (Phi) is 2.68. The van der Waals surface area contributed by atoms with Crippen molar-refractivity contribution in [1.82, 2.24) is 9.55 Å². The average molecular weight is 229 g/mol. The van der Waals surface area contributed by atoms with E-state index < -0.39 is 17.5 Å². The van der Waals surface area contributed by atoms with Crippen LogP contribution >= 0.6 is 11.8 Å². The predicted octanol–water partition coefficient (Wildman–Crippen LogP) is -0.328. The van der Waals surface area contributed by atoms with Crippen molar-refractivity contribution in [2.75, 3.05) is 11.5 Å². The molecule has 2 atom stereocenters. The lowest BCUT2D eigenvalue weighted by molar-refractivity contribution is -0.0840. The highest BCUT2D eigenvalue weighted by molar-refractivity contribution is 7.99. The van der Waals surface area contributed by atoms with Crippen LogP contribution in [0.5, 0.6) is 0 Å². The smallest absolute Gasteiger partial charge is 0.351 e. The number of nitrogens with zero attached hydrogens (tertiary/aromatic N) is 2. The van der Waals surface area contributed by atoms with Gasteiger partial charge < -0.3 is 15.6 Å². The van der Waals surface area contributed by atoms with Crippen molar-refractivity contribution in [2.24, 2.45) is 0 Å². The molecule has 0 aromatic carbocycles. The molecule has 6 nitrogen and oxygen atoms in total. The average Bonchev–Trinajstić information content (AvgIpc) is 2.58. The molecule has 0 spiro atoms. The summed E-state index contributed by atoms with van der Waals surface area (Å²) in [6.45, 7) is 1.76. The largest absolute Gasteiger partial charge is 0.383 e. The van der Waals surface area contributed by atoms with Gasteiger partial charge in [0.25, 0.3) is 0 Å². The van der Waals surface area contributed by atoms with E-state index in [-0.39, 0.29) is 5.82 Å². The van der Waals surface area contributed by atoms with Gasteiger partial charge in [0, 0.05) is 17.5 Å². The van der Waals surface area contributed by atoms with Gasteiger partial charge in [0.05, 0.1) is 0 Å². The quantitative estimate of drug-likeness (QED) is 0.685. The molecular formula is C8H11N3O3S. The van der Waals surface area contributed by atoms with Gasteiger partial charge in [-0.05, 0) is 6.92 Å². The van der Waals surface area contributed by atoms with Gasteiger partial charge in [0.1, 0.15) is 5.82 Å². The lowest BCUT2D eigenvalue weighted by Crippen LogP contribution is -2.29. The van der Waals surface area contributed by atoms with Crippen LogP contribution in [0.2, 0.25) is 0 Å². The Morgan fingerprint density at radius 3 is 3.13 bits per heavy atom. The van der Waals surface area contributed by atoms with Crippen molar-refractivity contribution < 1.29 is 9.84 Å². The van der Waals surface area contributed by atoms with Gasteiger partial charge in [-0.2, -0.15) is 4.98 Å². The maximum absolute atomic E-state index is 11.5. The van der Waals surface area contributed by atoms with E-state index in [1.54, 1.807) is 13.1 Å². The molecule has 0 bridgehead atoms. The number of thioether (sulfide) groups is 1. The van der Waals surface area contributed by atoms with Crippen molar-refractivity contribution >= 4 is 17.6 Å². The summed E-state index contributed by atoms with van der Waals surface area (Å²) in [4.78, 5) is 15.1. The molecule has 1 aromatic rings. The third-order valence-electron chi connectivity index (χ3n) is 2.14. The van der Waals surface area contributed by atoms with E-state index in [4.69, 9.17) is 15.6 Å². The number of anilines is 1. The third kappa shape index (κ3) is 1.99. The molecular weight excluding hydrogens is 218 g/mol. The first-order valence-electron chi connectivity index (χ1n) is 4.38. The zero-order valence-electron chi connectivity index (χ0n) is 8.08. The van der Waals surface area contributed by atoms with E-state index in [0.717, 1.165) is 0 Å². The molecule has 82 valence electrons. The minimum atomic E-state index is -0.875. The fourth-order valence-electron chi connectivity index (χ4n) is 1.31. The van der Waals surface area contributed by atoms with Crippen molar-refractivity contribution in [3.8, 4) is 0 Å². The third-order valence-corrected chi connectivity index (χ3v) is 3.01. The first-order chi connectivity index (χ1) is 7.08. The summed E-state index contributed by atoms with van der Waals surface area (Å²) in [5, 5.41) is 9.16. The second kappa shape index (κ2) is 3.84. The molecule has 0 radical (unpaired) electrons. The van der Waals surface area contributed by atoms with Crippen LogP contribution in [0.25, 0.3) is 0 Å². The molecule has 1 aromatic heterocycles. The first kappa shape index (κ1) is 10.5. The minimum Gasteiger partial charge on any atom is -0.383 e. The Morgan fingerprint density at radius 1 is 1.80 bits per heavy atom. The summed E-state index contributed by atoms with van der Waals surface area (Å²) in [7, 11) is 0. The summed E-state index contributed by atoms with van der Waals surface area (Å²) in [6, 6.07) is 0. The lowest BCUT2D eigenvalue weighted by Gasteiger charge is -2.13. The maximum atomic E-state index is 11.5. The second-order valence-corrected chi connectivity index (χ2v) is 4.30. The molecule has 2 rings (SSSR count). The van der Waals surface area contributed by atoms with Crippen LogP contribution in [0.4, 0.5) is 5.82 Å². The van der Waals surface area contributed by atoms with Crippen LogP contribution in [0.15, 0.2) is 11.0 Å². The molecule has 0 aliphatic carbocycles. The minimum absolute atomic E-state index is 0.224. The van der Waals surface area contributed by atoms with Gasteiger partial charge in [-0.15, -0.1) is 0 Å². The van der Waals surface area contributed by atoms with Crippen LogP contribution in [0.3, 0.4) is 0 Å². The molecule has 1 fully saturated rings. The molecule has 3 N–H and O–H groups in total. The SMILES string of the molecule is Cc1cn(C2CSC(O)O2)c(=O)nc1N. The van der Waals surface area contributed by atoms with Crippen LogP contribution in [-0.2, 0) is 4.74 Å². The molecule has 0 amide bonds. The summed E-state index contributed by atoms with van der Waals surface area (Å²) in [6.07, 6.45) is 1.12. The normalized spacial score (nSPS) is 25.7. The van der Waals surface area contributed by atoms with E-state index in [0.29, 0.717) is 11.3 Å². The number of nitrogens with two attached hydrogens (primary N) is 1. The summed E-state index contributed by atoms with van der Waals surface area (Å²) < 4.78 is 6.47. The van der Waals surface area contributed by atoms with Crippen LogP contribution in [-0.4, -0.2) is 26.0 Å². The molecule has 2 unspecified atom stereocenters. The van der Waals surface area contributed by atoms with E-state index in [1.165, 1.54) is 16.3 Å². The standard InChI is InChI=1S/C8H11N3O3S/c1-4-2-11(7(12)10-6(4)9)5-3-15-8(13)14-5/h2,5,8,13H,3H2,1H3,(H2,9,10,12). The highest BCUT2D eigenvalue weighted by atomic mass is 32.2. The van der Waals surface area contributed by atoms with Gasteiger partial charge in [0.2, 0.25) is 5.62 Å². The number of hydrogen-bond acceptors (Lipinski definition) is 6. The van der Waals surface area contributed by atoms with Gasteiger partial charge in [-0.1, -0.05) is 11.8 Å². The molecule has 0 saturated carbocycles. The summed E-state index contributed by atoms with van der Waals surface area (Å²) >= 11 is 1.23. The van der Waals surface area contributed by atoms with Crippen molar-refractivity contribution in [2.45, 2.75) is 18.8 Å². The number of ether oxygens (including phenoxy) is 1. The van der Waals surface area contributed by atoms with Crippen molar-refractivity contribution in [3.63, 3.8) is 0 Å². The van der Waals surface area contributed by atoms with Gasteiger partial charge >= 0.3 is 5.69 Å². The number of aliphatic hydroxyl groups excluding tert-OH is 1. The molecule has 15 heavy (non-hydrogen) atoms. The molecule has 2 heterocycles. The number of hydrogen-bond donors (Lipinski definition) is 2. The molecule has 1 saturated heterocycles. The number of aliphatic hydroxyl groups is 1. The Balaban J connectivity index is 2.36. The maximum Gasteiger partial charge on any atom is 0.351 e. The fourth-order valence-corrected chi connectivity index (χ4v) is 2.08. The van der Waals surface area contributed by atoms with E-state index in [9.17, 15) is 4.79 Å². The van der Waals surface area contributed by atoms with Crippen LogP contribution < -0.4 is 11.4 Å². The lowest BCUT2D eigenvalue weighted by atomic mass is 10.3. The van der Waals surface area contributed by atoms with Crippen molar-refractivity contribution in [1.29, 1.82) is 0 Å². The van der Waals surface area contributed by atoms with Gasteiger partial charge in [-0.3, -0.25) is 4.57 Å². The second-order valence-electron chi connectivity index (χ2n) is 3.23. The number of nitrogen functional groups attached to an aromatic ring is 1. The van der Waals surface area contributed by atoms with E-state index in [1.807, 2.05) is 0 Å². The Morgan fingerprint density at radius 2 is 2.53 bits per heavy atom. The van der Waals surface area contributed by atoms with Crippen LogP contribution in [0.1, 0.15) is 11.8 Å². The highest BCUT2D eigenvalue weighted by Crippen LogP contribution is 2.29. The van der Waals surface area contributed by atoms with Crippen molar-refractivity contribution in [3.05, 3.63) is 22.2 Å². The molecule has 1 aliphatic rings. The van der Waals surface area contributed by atoms with Gasteiger partial charge in [-0.25, -0.2) is 4.79 Å². The fraction of sp³-hybridized carbons (Fsp3) is 0.500. The monoisotopic (exact) mass is 229 g/mol. The summed E-state index contributed by atoms with van der Waals surface area (Å²) in [5.41, 5.74) is 4.87. The van der Waals surface area contributed by atoms with E-state index in [2.05, 4.69) is 4.98 Å². The zero-order valence-corrected chi connectivity index (χ0v) is 8.90. The number of aryl methyl sites for hydroxylation is 1. The Labute approximate surface area is 90.1 Å². The zero-order chi connectivity index (χ0) is 11.0. The number of rotatable bonds is 1. The van der Waals surface area contributed by atoms with E-state index >= 15 is 0 Å². The first-order valence-corrected chi connectivity index (χ1v) is 5.43. The van der Waals surface area contributed by atoms with Crippen LogP contribution in [0, 0.1) is 6.92 Å². The Bertz CT molecular complexity index is 434. The molecule has 7 heteroatoms. The Hall–Kier alpha value is -1.05. The summed E-state index contributed by atoms with van der Waals surface area (Å²) in [5.74, 6) is 0.744.